The van der Waals surface area contributed by atoms with E-state index in [2.05, 4.69) is 5.16 Å². The van der Waals surface area contributed by atoms with Gasteiger partial charge < -0.3 is 4.84 Å². The SMILES string of the molecule is O=C(O/N=C(\Cc1ccccc1)c1cccs1)c1cc([N+](=O)[O-])cc([N+](=O)[O-])c1. The fourth-order valence-electron chi connectivity index (χ4n) is 2.47. The van der Waals surface area contributed by atoms with Gasteiger partial charge in [0, 0.05) is 18.6 Å². The number of hydrogen-bond acceptors (Lipinski definition) is 8. The Morgan fingerprint density at radius 1 is 0.966 bits per heavy atom. The summed E-state index contributed by atoms with van der Waals surface area (Å²) in [5.41, 5.74) is -0.0724. The Morgan fingerprint density at radius 2 is 1.62 bits per heavy atom. The summed E-state index contributed by atoms with van der Waals surface area (Å²) < 4.78 is 0. The van der Waals surface area contributed by atoms with E-state index in [1.807, 2.05) is 47.8 Å². The van der Waals surface area contributed by atoms with Crippen LogP contribution in [-0.2, 0) is 11.3 Å². The molecule has 3 aromatic rings. The van der Waals surface area contributed by atoms with Crippen LogP contribution in [0.2, 0.25) is 0 Å². The molecule has 10 heteroatoms. The van der Waals surface area contributed by atoms with E-state index in [1.54, 1.807) is 0 Å². The van der Waals surface area contributed by atoms with Gasteiger partial charge in [-0.3, -0.25) is 20.2 Å². The van der Waals surface area contributed by atoms with Crippen molar-refractivity contribution in [3.8, 4) is 0 Å². The van der Waals surface area contributed by atoms with Gasteiger partial charge in [0.2, 0.25) is 0 Å². The van der Waals surface area contributed by atoms with E-state index in [1.165, 1.54) is 11.3 Å². The molecule has 0 aliphatic carbocycles. The summed E-state index contributed by atoms with van der Waals surface area (Å²) in [6.45, 7) is 0. The van der Waals surface area contributed by atoms with Gasteiger partial charge in [-0.1, -0.05) is 41.6 Å². The molecule has 2 aromatic carbocycles. The molecular weight excluding hydrogens is 398 g/mol. The first-order chi connectivity index (χ1) is 13.9. The van der Waals surface area contributed by atoms with Crippen molar-refractivity contribution in [3.63, 3.8) is 0 Å². The van der Waals surface area contributed by atoms with E-state index < -0.39 is 27.2 Å². The van der Waals surface area contributed by atoms with Gasteiger partial charge >= 0.3 is 5.97 Å². The van der Waals surface area contributed by atoms with Gasteiger partial charge in [0.15, 0.2) is 0 Å². The molecule has 1 heterocycles. The molecule has 0 N–H and O–H groups in total. The monoisotopic (exact) mass is 411 g/mol. The Bertz CT molecular complexity index is 1050. The maximum Gasteiger partial charge on any atom is 0.366 e. The summed E-state index contributed by atoms with van der Waals surface area (Å²) in [6.07, 6.45) is 0.393. The first kappa shape index (κ1) is 19.8. The number of hydrogen-bond donors (Lipinski definition) is 0. The molecule has 3 rings (SSSR count). The smallest absolute Gasteiger partial charge is 0.312 e. The Morgan fingerprint density at radius 3 is 2.17 bits per heavy atom. The number of nitro benzene ring substituents is 2. The topological polar surface area (TPSA) is 125 Å². The number of nitro groups is 2. The average Bonchev–Trinajstić information content (AvgIpc) is 3.26. The van der Waals surface area contributed by atoms with Crippen LogP contribution in [0.25, 0.3) is 0 Å². The molecule has 0 fully saturated rings. The van der Waals surface area contributed by atoms with Crippen molar-refractivity contribution in [2.75, 3.05) is 0 Å². The van der Waals surface area contributed by atoms with Crippen LogP contribution in [0.1, 0.15) is 20.8 Å². The summed E-state index contributed by atoms with van der Waals surface area (Å²) >= 11 is 1.41. The highest BCUT2D eigenvalue weighted by molar-refractivity contribution is 7.12. The summed E-state index contributed by atoms with van der Waals surface area (Å²) in [5.74, 6) is -1.03. The second-order valence-corrected chi connectivity index (χ2v) is 6.76. The van der Waals surface area contributed by atoms with Crippen LogP contribution in [0.5, 0.6) is 0 Å². The van der Waals surface area contributed by atoms with E-state index in [0.29, 0.717) is 12.1 Å². The number of oxime groups is 1. The van der Waals surface area contributed by atoms with Gasteiger partial charge in [-0.05, 0) is 17.0 Å². The van der Waals surface area contributed by atoms with Crippen molar-refractivity contribution in [1.82, 2.24) is 0 Å². The quantitative estimate of drug-likeness (QED) is 0.246. The minimum atomic E-state index is -1.03. The third kappa shape index (κ3) is 5.08. The Hall–Kier alpha value is -3.92. The molecule has 146 valence electrons. The molecular formula is C19H13N3O6S. The standard InChI is InChI=1S/C19H13N3O6S/c23-19(14-10-15(21(24)25)12-16(11-14)22(26)27)28-20-17(18-7-4-8-29-18)9-13-5-2-1-3-6-13/h1-8,10-12H,9H2/b20-17+. The van der Waals surface area contributed by atoms with Crippen molar-refractivity contribution in [1.29, 1.82) is 0 Å². The molecule has 0 saturated heterocycles. The maximum absolute atomic E-state index is 12.3. The zero-order valence-electron chi connectivity index (χ0n) is 14.8. The molecule has 0 aliphatic rings. The number of benzene rings is 2. The van der Waals surface area contributed by atoms with E-state index in [9.17, 15) is 25.0 Å². The Labute approximate surface area is 168 Å². The molecule has 0 aliphatic heterocycles. The second kappa shape index (κ2) is 8.85. The first-order valence-corrected chi connectivity index (χ1v) is 9.12. The Kier molecular flexibility index (Phi) is 6.05. The van der Waals surface area contributed by atoms with Crippen LogP contribution in [0.3, 0.4) is 0 Å². The summed E-state index contributed by atoms with van der Waals surface area (Å²) in [6, 6.07) is 15.6. The number of rotatable bonds is 7. The molecule has 0 atom stereocenters. The maximum atomic E-state index is 12.3. The van der Waals surface area contributed by atoms with Crippen LogP contribution in [0.4, 0.5) is 11.4 Å². The lowest BCUT2D eigenvalue weighted by atomic mass is 10.1. The molecule has 0 saturated carbocycles. The predicted octanol–water partition coefficient (Wildman–Crippen LogP) is 4.37. The van der Waals surface area contributed by atoms with Crippen molar-refractivity contribution < 1.29 is 19.5 Å². The molecule has 29 heavy (non-hydrogen) atoms. The summed E-state index contributed by atoms with van der Waals surface area (Å²) in [4.78, 5) is 38.4. The van der Waals surface area contributed by atoms with Crippen LogP contribution in [0.15, 0.2) is 71.2 Å². The van der Waals surface area contributed by atoms with Crippen molar-refractivity contribution in [2.45, 2.75) is 6.42 Å². The van der Waals surface area contributed by atoms with Crippen molar-refractivity contribution in [2.24, 2.45) is 5.16 Å². The lowest BCUT2D eigenvalue weighted by molar-refractivity contribution is -0.394. The zero-order valence-corrected chi connectivity index (χ0v) is 15.6. The summed E-state index contributed by atoms with van der Waals surface area (Å²) in [7, 11) is 0. The van der Waals surface area contributed by atoms with E-state index in [-0.39, 0.29) is 5.56 Å². The molecule has 0 unspecified atom stereocenters. The second-order valence-electron chi connectivity index (χ2n) is 5.81. The number of carbonyl (C=O) groups is 1. The highest BCUT2D eigenvalue weighted by Crippen LogP contribution is 2.23. The van der Waals surface area contributed by atoms with E-state index in [0.717, 1.165) is 28.6 Å². The van der Waals surface area contributed by atoms with Crippen LogP contribution < -0.4 is 0 Å². The van der Waals surface area contributed by atoms with Gasteiger partial charge in [0.1, 0.15) is 5.71 Å². The van der Waals surface area contributed by atoms with Gasteiger partial charge in [-0.15, -0.1) is 11.3 Å². The minimum absolute atomic E-state index is 0.333. The zero-order chi connectivity index (χ0) is 20.8. The first-order valence-electron chi connectivity index (χ1n) is 8.24. The lowest BCUT2D eigenvalue weighted by Gasteiger charge is -2.05. The van der Waals surface area contributed by atoms with Crippen molar-refractivity contribution >= 4 is 34.4 Å². The molecule has 0 radical (unpaired) electrons. The van der Waals surface area contributed by atoms with Crippen LogP contribution in [0, 0.1) is 20.2 Å². The molecule has 1 aromatic heterocycles. The number of thiophene rings is 1. The van der Waals surface area contributed by atoms with Crippen LogP contribution in [-0.4, -0.2) is 21.5 Å². The Balaban J connectivity index is 1.88. The molecule has 0 spiro atoms. The van der Waals surface area contributed by atoms with Gasteiger partial charge in [-0.2, -0.15) is 0 Å². The van der Waals surface area contributed by atoms with Crippen LogP contribution >= 0.6 is 11.3 Å². The molecule has 9 nitrogen and oxygen atoms in total. The van der Waals surface area contributed by atoms with Crippen molar-refractivity contribution in [3.05, 3.63) is 102 Å². The van der Waals surface area contributed by atoms with Gasteiger partial charge in [-0.25, -0.2) is 4.79 Å². The summed E-state index contributed by atoms with van der Waals surface area (Å²) in [5, 5.41) is 27.7. The fourth-order valence-corrected chi connectivity index (χ4v) is 3.18. The van der Waals surface area contributed by atoms with Gasteiger partial charge in [0.05, 0.1) is 26.4 Å². The highest BCUT2D eigenvalue weighted by atomic mass is 32.1. The lowest BCUT2D eigenvalue weighted by Crippen LogP contribution is -2.08. The van der Waals surface area contributed by atoms with E-state index in [4.69, 9.17) is 4.84 Å². The van der Waals surface area contributed by atoms with E-state index >= 15 is 0 Å². The number of carbonyl (C=O) groups excluding carboxylic acids is 1. The number of non-ortho nitro benzene ring substituents is 2. The highest BCUT2D eigenvalue weighted by Gasteiger charge is 2.21. The third-order valence-corrected chi connectivity index (χ3v) is 4.74. The number of nitrogens with zero attached hydrogens (tertiary/aromatic N) is 3. The van der Waals surface area contributed by atoms with Gasteiger partial charge in [0.25, 0.3) is 11.4 Å². The molecule has 0 bridgehead atoms. The largest absolute Gasteiger partial charge is 0.366 e. The fraction of sp³-hybridized carbons (Fsp3) is 0.0526. The third-order valence-electron chi connectivity index (χ3n) is 3.82. The molecule has 0 amide bonds. The minimum Gasteiger partial charge on any atom is -0.312 e. The normalized spacial score (nSPS) is 11.1. The average molecular weight is 411 g/mol. The predicted molar refractivity (Wildman–Crippen MR) is 106 cm³/mol.